The number of carbonyl (C=O) groups excluding carboxylic acids is 2. The van der Waals surface area contributed by atoms with Gasteiger partial charge in [0.1, 0.15) is 10.7 Å². The van der Waals surface area contributed by atoms with Crippen LogP contribution in [0.2, 0.25) is 0 Å². The first-order valence-corrected chi connectivity index (χ1v) is 10.9. The van der Waals surface area contributed by atoms with Crippen molar-refractivity contribution in [3.05, 3.63) is 64.9 Å². The number of thiophene rings is 1. The summed E-state index contributed by atoms with van der Waals surface area (Å²) in [5.41, 5.74) is 2.51. The molecule has 0 aliphatic carbocycles. The van der Waals surface area contributed by atoms with E-state index in [0.29, 0.717) is 22.8 Å². The van der Waals surface area contributed by atoms with E-state index >= 15 is 0 Å². The summed E-state index contributed by atoms with van der Waals surface area (Å²) in [6.07, 6.45) is 1.82. The van der Waals surface area contributed by atoms with Crippen molar-refractivity contribution in [2.45, 2.75) is 19.9 Å². The molecule has 5 rings (SSSR count). The van der Waals surface area contributed by atoms with E-state index in [4.69, 9.17) is 0 Å². The molecule has 29 heavy (non-hydrogen) atoms. The van der Waals surface area contributed by atoms with Crippen molar-refractivity contribution in [1.29, 1.82) is 0 Å². The quantitative estimate of drug-likeness (QED) is 0.508. The Balaban J connectivity index is 1.51. The van der Waals surface area contributed by atoms with Gasteiger partial charge in [0.15, 0.2) is 0 Å². The van der Waals surface area contributed by atoms with E-state index in [1.54, 1.807) is 22.3 Å². The average molecular weight is 423 g/mol. The first kappa shape index (κ1) is 18.1. The van der Waals surface area contributed by atoms with Gasteiger partial charge < -0.3 is 14.8 Å². The number of carbonyl (C=O) groups is 2. The van der Waals surface area contributed by atoms with Gasteiger partial charge in [-0.2, -0.15) is 4.37 Å². The van der Waals surface area contributed by atoms with Crippen LogP contribution in [0.5, 0.6) is 0 Å². The predicted octanol–water partition coefficient (Wildman–Crippen LogP) is 4.94. The molecule has 146 valence electrons. The van der Waals surface area contributed by atoms with E-state index in [1.165, 1.54) is 16.2 Å². The number of nitrogens with zero attached hydrogens (tertiary/aromatic N) is 3. The molecule has 1 aliphatic rings. The van der Waals surface area contributed by atoms with Crippen molar-refractivity contribution in [3.63, 3.8) is 0 Å². The highest BCUT2D eigenvalue weighted by Gasteiger charge is 2.34. The van der Waals surface area contributed by atoms with Crippen LogP contribution in [-0.2, 0) is 0 Å². The zero-order valence-electron chi connectivity index (χ0n) is 15.9. The van der Waals surface area contributed by atoms with E-state index < -0.39 is 0 Å². The summed E-state index contributed by atoms with van der Waals surface area (Å²) in [6, 6.07) is 11.7. The Bertz CT molecular complexity index is 1250. The maximum absolute atomic E-state index is 13.4. The Morgan fingerprint density at radius 1 is 1.24 bits per heavy atom. The fourth-order valence-electron chi connectivity index (χ4n) is 3.73. The molecular formula is C21H18N4O2S2. The molecule has 1 atom stereocenters. The highest BCUT2D eigenvalue weighted by molar-refractivity contribution is 7.17. The molecule has 0 unspecified atom stereocenters. The normalized spacial score (nSPS) is 16.3. The summed E-state index contributed by atoms with van der Waals surface area (Å²) in [6.45, 7) is 4.49. The second-order valence-electron chi connectivity index (χ2n) is 7.18. The second kappa shape index (κ2) is 6.82. The van der Waals surface area contributed by atoms with Crippen molar-refractivity contribution in [2.24, 2.45) is 0 Å². The summed E-state index contributed by atoms with van der Waals surface area (Å²) in [5, 5.41) is 6.69. The van der Waals surface area contributed by atoms with Crippen LogP contribution in [0.4, 0.5) is 10.7 Å². The number of benzene rings is 1. The monoisotopic (exact) mass is 422 g/mol. The van der Waals surface area contributed by atoms with Crippen LogP contribution in [0.3, 0.4) is 0 Å². The first-order valence-electron chi connectivity index (χ1n) is 9.26. The summed E-state index contributed by atoms with van der Waals surface area (Å²) in [7, 11) is 0. The lowest BCUT2D eigenvalue weighted by molar-refractivity contribution is 0.0942. The largest absolute Gasteiger partial charge is 0.338 e. The van der Waals surface area contributed by atoms with E-state index in [9.17, 15) is 9.59 Å². The molecule has 0 saturated carbocycles. The van der Waals surface area contributed by atoms with Crippen molar-refractivity contribution >= 4 is 55.5 Å². The third kappa shape index (κ3) is 3.04. The molecular weight excluding hydrogens is 404 g/mol. The van der Waals surface area contributed by atoms with Crippen LogP contribution in [-0.4, -0.2) is 27.3 Å². The number of anilines is 2. The highest BCUT2D eigenvalue weighted by atomic mass is 32.1. The van der Waals surface area contributed by atoms with Gasteiger partial charge in [-0.3, -0.25) is 9.59 Å². The smallest absolute Gasteiger partial charge is 0.275 e. The summed E-state index contributed by atoms with van der Waals surface area (Å²) in [5.74, 6) is -0.452. The number of aryl methyl sites for hydroxylation is 1. The maximum Gasteiger partial charge on any atom is 0.275 e. The number of fused-ring (bicyclic) bond motifs is 2. The minimum Gasteiger partial charge on any atom is -0.338 e. The lowest BCUT2D eigenvalue weighted by Gasteiger charge is -2.33. The number of hydrogen-bond acceptors (Lipinski definition) is 5. The van der Waals surface area contributed by atoms with Crippen LogP contribution < -0.4 is 10.2 Å². The van der Waals surface area contributed by atoms with Gasteiger partial charge >= 0.3 is 0 Å². The van der Waals surface area contributed by atoms with Gasteiger partial charge in [0, 0.05) is 29.2 Å². The molecule has 2 amide bonds. The molecule has 1 aromatic carbocycles. The molecule has 4 heterocycles. The van der Waals surface area contributed by atoms with Crippen molar-refractivity contribution in [3.8, 4) is 0 Å². The van der Waals surface area contributed by atoms with Crippen molar-refractivity contribution in [1.82, 2.24) is 8.94 Å². The van der Waals surface area contributed by atoms with E-state index in [-0.39, 0.29) is 17.9 Å². The highest BCUT2D eigenvalue weighted by Crippen LogP contribution is 2.32. The molecule has 8 heteroatoms. The number of amides is 2. The van der Waals surface area contributed by atoms with Crippen LogP contribution in [0.15, 0.2) is 48.0 Å². The molecule has 1 aliphatic heterocycles. The topological polar surface area (TPSA) is 67.2 Å². The van der Waals surface area contributed by atoms with Crippen molar-refractivity contribution < 1.29 is 9.59 Å². The van der Waals surface area contributed by atoms with Gasteiger partial charge in [0.05, 0.1) is 11.3 Å². The van der Waals surface area contributed by atoms with E-state index in [2.05, 4.69) is 22.7 Å². The fraction of sp³-hybridized carbons (Fsp3) is 0.190. The Hall–Kier alpha value is -2.97. The number of rotatable bonds is 3. The van der Waals surface area contributed by atoms with Crippen LogP contribution in [0.25, 0.3) is 10.1 Å². The number of aromatic nitrogens is 2. The van der Waals surface area contributed by atoms with Gasteiger partial charge in [-0.1, -0.05) is 0 Å². The molecule has 0 bridgehead atoms. The molecule has 6 nitrogen and oxygen atoms in total. The van der Waals surface area contributed by atoms with Crippen LogP contribution >= 0.6 is 22.9 Å². The standard InChI is InChI=1S/C21H18N4O2S2/c1-12-9-18(29-23-12)22-20(26)16-5-7-24-13(2)11-25(21(27)19(16)24)15-3-4-17-14(10-15)6-8-28-17/h3-10,13H,11H2,1-2H3,(H,22,26)/t13-/m0/s1. The molecule has 0 fully saturated rings. The predicted molar refractivity (Wildman–Crippen MR) is 117 cm³/mol. The SMILES string of the molecule is Cc1cc(NC(=O)c2ccn3c2C(=O)N(c2ccc4sccc4c2)C[C@@H]3C)sn1. The Kier molecular flexibility index (Phi) is 4.25. The molecule has 4 aromatic rings. The minimum atomic E-state index is -0.293. The Morgan fingerprint density at radius 2 is 2.10 bits per heavy atom. The van der Waals surface area contributed by atoms with E-state index in [1.807, 2.05) is 47.3 Å². The number of hydrogen-bond donors (Lipinski definition) is 1. The molecule has 1 N–H and O–H groups in total. The van der Waals surface area contributed by atoms with Crippen molar-refractivity contribution in [2.75, 3.05) is 16.8 Å². The summed E-state index contributed by atoms with van der Waals surface area (Å²) in [4.78, 5) is 28.0. The third-order valence-electron chi connectivity index (χ3n) is 5.14. The lowest BCUT2D eigenvalue weighted by Crippen LogP contribution is -2.43. The Morgan fingerprint density at radius 3 is 2.90 bits per heavy atom. The van der Waals surface area contributed by atoms with Gasteiger partial charge in [0.2, 0.25) is 0 Å². The van der Waals surface area contributed by atoms with Gasteiger partial charge in [-0.25, -0.2) is 0 Å². The maximum atomic E-state index is 13.4. The first-order chi connectivity index (χ1) is 14.0. The lowest BCUT2D eigenvalue weighted by atomic mass is 10.1. The van der Waals surface area contributed by atoms with Gasteiger partial charge in [0.25, 0.3) is 11.8 Å². The van der Waals surface area contributed by atoms with E-state index in [0.717, 1.165) is 16.8 Å². The van der Waals surface area contributed by atoms with Crippen LogP contribution in [0.1, 0.15) is 39.5 Å². The third-order valence-corrected chi connectivity index (χ3v) is 6.84. The average Bonchev–Trinajstić information content (AvgIpc) is 3.43. The molecule has 3 aromatic heterocycles. The minimum absolute atomic E-state index is 0.0630. The number of nitrogens with one attached hydrogen (secondary N) is 1. The second-order valence-corrected chi connectivity index (χ2v) is 8.93. The Labute approximate surface area is 175 Å². The summed E-state index contributed by atoms with van der Waals surface area (Å²) >= 11 is 2.91. The molecule has 0 saturated heterocycles. The zero-order chi connectivity index (χ0) is 20.1. The molecule has 0 radical (unpaired) electrons. The fourth-order valence-corrected chi connectivity index (χ4v) is 5.16. The molecule has 0 spiro atoms. The zero-order valence-corrected chi connectivity index (χ0v) is 17.5. The van der Waals surface area contributed by atoms with Gasteiger partial charge in [-0.05, 0) is 72.5 Å². The van der Waals surface area contributed by atoms with Crippen LogP contribution in [0, 0.1) is 6.92 Å². The van der Waals surface area contributed by atoms with Gasteiger partial charge in [-0.15, -0.1) is 11.3 Å². The summed E-state index contributed by atoms with van der Waals surface area (Å²) < 4.78 is 7.27.